The Labute approximate surface area is 262 Å². The smallest absolute Gasteiger partial charge is 0.307 e. The fourth-order valence-electron chi connectivity index (χ4n) is 4.49. The normalized spacial score (nSPS) is 10.9. The Balaban J connectivity index is 1.17. The van der Waals surface area contributed by atoms with Crippen molar-refractivity contribution in [1.82, 2.24) is 9.99 Å². The number of aryl methyl sites for hydroxylation is 2. The zero-order valence-electron chi connectivity index (χ0n) is 24.7. The first-order chi connectivity index (χ1) is 22.2. The van der Waals surface area contributed by atoms with Crippen LogP contribution in [0.15, 0.2) is 101 Å². The third-order valence-corrected chi connectivity index (χ3v) is 6.71. The molecule has 0 aliphatic heterocycles. The number of hydrogen-bond acceptors (Lipinski definition) is 8. The van der Waals surface area contributed by atoms with Gasteiger partial charge >= 0.3 is 5.91 Å². The number of hydrazone groups is 1. The van der Waals surface area contributed by atoms with E-state index >= 15 is 0 Å². The van der Waals surface area contributed by atoms with E-state index in [0.29, 0.717) is 11.5 Å². The number of furan rings is 1. The predicted molar refractivity (Wildman–Crippen MR) is 167 cm³/mol. The maximum atomic E-state index is 13.8. The molecular formula is C33H28FN5O7. The standard InChI is InChI=1S/C33H28FN5O7/c1-21-7-8-22(2)38(21)24-9-12-26(13-10-24)44-19-27-14-16-31(46-27)33(41)37-35-18-23-17-25(39(42)43)11-15-30(23)45-20-32(40)36-29-6-4-3-5-28(29)34/h3-18H,19-20H2,1-2H3,(H,36,40)(H,37,41)/b35-18+. The number of para-hydroxylation sites is 1. The molecule has 2 N–H and O–H groups in total. The predicted octanol–water partition coefficient (Wildman–Crippen LogP) is 6.09. The van der Waals surface area contributed by atoms with Gasteiger partial charge in [0.15, 0.2) is 12.4 Å². The summed E-state index contributed by atoms with van der Waals surface area (Å²) in [5.74, 6) is -0.898. The molecular weight excluding hydrogens is 597 g/mol. The van der Waals surface area contributed by atoms with Gasteiger partial charge in [0.1, 0.15) is 29.7 Å². The molecule has 0 saturated heterocycles. The van der Waals surface area contributed by atoms with E-state index in [4.69, 9.17) is 13.9 Å². The fourth-order valence-corrected chi connectivity index (χ4v) is 4.49. The molecule has 12 nitrogen and oxygen atoms in total. The zero-order chi connectivity index (χ0) is 32.6. The molecule has 46 heavy (non-hydrogen) atoms. The van der Waals surface area contributed by atoms with Crippen LogP contribution in [0.4, 0.5) is 15.8 Å². The Hall–Kier alpha value is -6.24. The van der Waals surface area contributed by atoms with E-state index in [0.717, 1.165) is 29.4 Å². The number of carbonyl (C=O) groups excluding carboxylic acids is 2. The van der Waals surface area contributed by atoms with Crippen LogP contribution >= 0.6 is 0 Å². The van der Waals surface area contributed by atoms with Gasteiger partial charge in [0, 0.05) is 34.8 Å². The van der Waals surface area contributed by atoms with Crippen LogP contribution in [0.1, 0.15) is 33.3 Å². The van der Waals surface area contributed by atoms with Gasteiger partial charge in [0.25, 0.3) is 11.6 Å². The van der Waals surface area contributed by atoms with Gasteiger partial charge in [0.05, 0.1) is 16.8 Å². The van der Waals surface area contributed by atoms with E-state index in [1.54, 1.807) is 12.1 Å². The van der Waals surface area contributed by atoms with E-state index in [1.807, 2.05) is 38.1 Å². The van der Waals surface area contributed by atoms with Crippen LogP contribution in [0.5, 0.6) is 11.5 Å². The fraction of sp³-hybridized carbons (Fsp3) is 0.121. The second-order valence-corrected chi connectivity index (χ2v) is 10.00. The summed E-state index contributed by atoms with van der Waals surface area (Å²) < 4.78 is 32.8. The van der Waals surface area contributed by atoms with Crippen molar-refractivity contribution in [2.75, 3.05) is 11.9 Å². The molecule has 2 aromatic heterocycles. The Kier molecular flexibility index (Phi) is 9.51. The number of aromatic nitrogens is 1. The van der Waals surface area contributed by atoms with Crippen molar-refractivity contribution in [2.24, 2.45) is 5.10 Å². The number of anilines is 1. The molecule has 0 saturated carbocycles. The van der Waals surface area contributed by atoms with Gasteiger partial charge in [-0.25, -0.2) is 9.82 Å². The van der Waals surface area contributed by atoms with Crippen molar-refractivity contribution >= 4 is 29.4 Å². The number of nitro groups is 1. The summed E-state index contributed by atoms with van der Waals surface area (Å²) in [6.07, 6.45) is 1.13. The van der Waals surface area contributed by atoms with Crippen LogP contribution in [0, 0.1) is 29.8 Å². The molecule has 0 aliphatic rings. The summed E-state index contributed by atoms with van der Waals surface area (Å²) >= 11 is 0. The molecule has 2 heterocycles. The molecule has 0 spiro atoms. The summed E-state index contributed by atoms with van der Waals surface area (Å²) in [7, 11) is 0. The van der Waals surface area contributed by atoms with Crippen molar-refractivity contribution in [1.29, 1.82) is 0 Å². The van der Waals surface area contributed by atoms with Crippen molar-refractivity contribution in [2.45, 2.75) is 20.5 Å². The molecule has 234 valence electrons. The van der Waals surface area contributed by atoms with Gasteiger partial charge in [-0.1, -0.05) is 12.1 Å². The summed E-state index contributed by atoms with van der Waals surface area (Å²) in [4.78, 5) is 35.6. The number of rotatable bonds is 12. The average molecular weight is 626 g/mol. The highest BCUT2D eigenvalue weighted by atomic mass is 19.1. The topological polar surface area (TPSA) is 150 Å². The van der Waals surface area contributed by atoms with Crippen LogP contribution in [-0.4, -0.2) is 34.1 Å². The average Bonchev–Trinajstić information content (AvgIpc) is 3.66. The molecule has 0 aliphatic carbocycles. The number of nitrogens with one attached hydrogen (secondary N) is 2. The number of ether oxygens (including phenoxy) is 2. The van der Waals surface area contributed by atoms with Gasteiger partial charge in [-0.15, -0.1) is 0 Å². The molecule has 0 unspecified atom stereocenters. The van der Waals surface area contributed by atoms with Crippen LogP contribution in [-0.2, 0) is 11.4 Å². The summed E-state index contributed by atoms with van der Waals surface area (Å²) in [5.41, 5.74) is 5.36. The summed E-state index contributed by atoms with van der Waals surface area (Å²) in [5, 5.41) is 17.5. The minimum Gasteiger partial charge on any atom is -0.486 e. The van der Waals surface area contributed by atoms with E-state index in [-0.39, 0.29) is 35.1 Å². The summed E-state index contributed by atoms with van der Waals surface area (Å²) in [6.45, 7) is 3.63. The SMILES string of the molecule is Cc1ccc(C)n1-c1ccc(OCc2ccc(C(=O)N/N=C/c3cc([N+](=O)[O-])ccc3OCC(=O)Nc3ccccc3F)o2)cc1. The van der Waals surface area contributed by atoms with Gasteiger partial charge in [-0.05, 0) is 80.6 Å². The number of hydrogen-bond donors (Lipinski definition) is 2. The Morgan fingerprint density at radius 2 is 1.72 bits per heavy atom. The third-order valence-electron chi connectivity index (χ3n) is 6.71. The van der Waals surface area contributed by atoms with Gasteiger partial charge < -0.3 is 23.8 Å². The molecule has 0 fully saturated rings. The largest absolute Gasteiger partial charge is 0.486 e. The number of non-ortho nitro benzene ring substituents is 1. The highest BCUT2D eigenvalue weighted by Gasteiger charge is 2.15. The minimum atomic E-state index is -0.679. The first-order valence-electron chi connectivity index (χ1n) is 13.9. The van der Waals surface area contributed by atoms with E-state index in [9.17, 15) is 24.1 Å². The molecule has 5 aromatic rings. The Morgan fingerprint density at radius 3 is 2.43 bits per heavy atom. The van der Waals surface area contributed by atoms with Gasteiger partial charge in [0.2, 0.25) is 0 Å². The van der Waals surface area contributed by atoms with E-state index in [1.165, 1.54) is 36.4 Å². The van der Waals surface area contributed by atoms with Crippen molar-refractivity contribution < 1.29 is 32.8 Å². The van der Waals surface area contributed by atoms with Crippen LogP contribution in [0.2, 0.25) is 0 Å². The summed E-state index contributed by atoms with van der Waals surface area (Å²) in [6, 6.07) is 24.0. The lowest BCUT2D eigenvalue weighted by atomic mass is 10.2. The number of amides is 2. The molecule has 2 amide bonds. The minimum absolute atomic E-state index is 0.0237. The van der Waals surface area contributed by atoms with Crippen molar-refractivity contribution in [3.63, 3.8) is 0 Å². The molecule has 5 rings (SSSR count). The highest BCUT2D eigenvalue weighted by Crippen LogP contribution is 2.24. The monoisotopic (exact) mass is 625 g/mol. The van der Waals surface area contributed by atoms with Crippen LogP contribution < -0.4 is 20.2 Å². The molecule has 0 atom stereocenters. The second kappa shape index (κ2) is 14.0. The lowest BCUT2D eigenvalue weighted by molar-refractivity contribution is -0.384. The maximum Gasteiger partial charge on any atom is 0.307 e. The van der Waals surface area contributed by atoms with E-state index in [2.05, 4.69) is 32.5 Å². The van der Waals surface area contributed by atoms with Crippen molar-refractivity contribution in [3.05, 3.63) is 135 Å². The lowest BCUT2D eigenvalue weighted by Crippen LogP contribution is -2.21. The molecule has 3 aromatic carbocycles. The molecule has 0 bridgehead atoms. The van der Waals surface area contributed by atoms with Crippen LogP contribution in [0.25, 0.3) is 5.69 Å². The number of nitrogens with zero attached hydrogens (tertiary/aromatic N) is 3. The van der Waals surface area contributed by atoms with Crippen molar-refractivity contribution in [3.8, 4) is 17.2 Å². The highest BCUT2D eigenvalue weighted by molar-refractivity contribution is 5.93. The van der Waals surface area contributed by atoms with Crippen LogP contribution in [0.3, 0.4) is 0 Å². The zero-order valence-corrected chi connectivity index (χ0v) is 24.7. The number of nitro benzene ring substituents is 1. The quantitative estimate of drug-likeness (QED) is 0.0967. The Morgan fingerprint density at radius 1 is 0.978 bits per heavy atom. The molecule has 13 heteroatoms. The molecule has 0 radical (unpaired) electrons. The first kappa shape index (κ1) is 31.2. The van der Waals surface area contributed by atoms with E-state index < -0.39 is 29.2 Å². The number of halogens is 1. The maximum absolute atomic E-state index is 13.8. The Bertz CT molecular complexity index is 1890. The first-order valence-corrected chi connectivity index (χ1v) is 13.9. The van der Waals surface area contributed by atoms with Gasteiger partial charge in [-0.3, -0.25) is 19.7 Å². The second-order valence-electron chi connectivity index (χ2n) is 10.00. The number of carbonyl (C=O) groups is 2. The lowest BCUT2D eigenvalue weighted by Gasteiger charge is -2.10. The number of benzene rings is 3. The third kappa shape index (κ3) is 7.63. The van der Waals surface area contributed by atoms with Gasteiger partial charge in [-0.2, -0.15) is 5.10 Å².